The van der Waals surface area contributed by atoms with E-state index in [9.17, 15) is 0 Å². The average Bonchev–Trinajstić information content (AvgIpc) is 2.40. The van der Waals surface area contributed by atoms with Gasteiger partial charge in [-0.3, -0.25) is 0 Å². The number of nitriles is 1. The van der Waals surface area contributed by atoms with Crippen molar-refractivity contribution in [1.29, 1.82) is 5.26 Å². The van der Waals surface area contributed by atoms with E-state index in [4.69, 9.17) is 10.00 Å². The van der Waals surface area contributed by atoms with Crippen LogP contribution in [0, 0.1) is 11.2 Å². The van der Waals surface area contributed by atoms with Crippen molar-refractivity contribution < 1.29 is 4.74 Å². The Morgan fingerprint density at radius 1 is 1.53 bits per heavy atom. The Hall–Kier alpha value is -1.22. The topological polar surface area (TPSA) is 58.8 Å². The Balaban J connectivity index is 1.91. The van der Waals surface area contributed by atoms with E-state index in [-0.39, 0.29) is 12.8 Å². The van der Waals surface area contributed by atoms with Crippen LogP contribution in [-0.2, 0) is 0 Å². The van der Waals surface area contributed by atoms with E-state index in [1.165, 1.54) is 11.8 Å². The second kappa shape index (κ2) is 5.92. The quantitative estimate of drug-likeness (QED) is 0.466. The summed E-state index contributed by atoms with van der Waals surface area (Å²) in [6, 6.07) is 1.79. The molecule has 1 fully saturated rings. The van der Waals surface area contributed by atoms with Gasteiger partial charge in [0.05, 0.1) is 6.10 Å². The lowest BCUT2D eigenvalue weighted by molar-refractivity contribution is 0.178. The molecule has 4 nitrogen and oxygen atoms in total. The highest BCUT2D eigenvalue weighted by molar-refractivity contribution is 7.98. The van der Waals surface area contributed by atoms with Crippen molar-refractivity contribution in [3.8, 4) is 11.8 Å². The maximum atomic E-state index is 8.82. The summed E-state index contributed by atoms with van der Waals surface area (Å²) in [7, 11) is 0. The molecule has 0 saturated carbocycles. The molecule has 0 atom stereocenters. The molecule has 0 unspecified atom stereocenters. The zero-order chi connectivity index (χ0) is 12.1. The molecular formula is C11H14BN3OS. The summed E-state index contributed by atoms with van der Waals surface area (Å²) in [4.78, 5) is 8.39. The highest BCUT2D eigenvalue weighted by atomic mass is 32.2. The summed E-state index contributed by atoms with van der Waals surface area (Å²) in [5.74, 6) is 2.97. The zero-order valence-corrected chi connectivity index (χ0v) is 10.6. The van der Waals surface area contributed by atoms with Gasteiger partial charge in [0.15, 0.2) is 5.16 Å². The van der Waals surface area contributed by atoms with E-state index in [0.717, 1.165) is 30.6 Å². The van der Waals surface area contributed by atoms with Crippen molar-refractivity contribution in [3.05, 3.63) is 12.3 Å². The monoisotopic (exact) mass is 247 g/mol. The first-order valence-corrected chi connectivity index (χ1v) is 6.97. The van der Waals surface area contributed by atoms with Crippen molar-refractivity contribution in [2.45, 2.75) is 36.7 Å². The highest BCUT2D eigenvalue weighted by Crippen LogP contribution is 2.23. The fraction of sp³-hybridized carbons (Fsp3) is 0.545. The summed E-state index contributed by atoms with van der Waals surface area (Å²) in [6.45, 7) is 0.210. The smallest absolute Gasteiger partial charge is 0.268 e. The molecule has 2 rings (SSSR count). The van der Waals surface area contributed by atoms with Crippen LogP contribution in [-0.4, -0.2) is 29.0 Å². The third-order valence-electron chi connectivity index (χ3n) is 2.93. The van der Waals surface area contributed by atoms with Gasteiger partial charge in [-0.1, -0.05) is 24.4 Å². The van der Waals surface area contributed by atoms with Gasteiger partial charge in [0.25, 0.3) is 6.71 Å². The van der Waals surface area contributed by atoms with Crippen LogP contribution < -0.4 is 4.74 Å². The molecule has 1 aliphatic rings. The van der Waals surface area contributed by atoms with Gasteiger partial charge in [0.2, 0.25) is 5.88 Å². The lowest BCUT2D eigenvalue weighted by Gasteiger charge is -2.23. The number of hydrogen-bond donors (Lipinski definition) is 0. The van der Waals surface area contributed by atoms with Gasteiger partial charge in [-0.25, -0.2) is 10.2 Å². The number of nitrogens with zero attached hydrogens (tertiary/aromatic N) is 3. The molecule has 0 aliphatic carbocycles. The number of thioether (sulfide) groups is 1. The third kappa shape index (κ3) is 3.37. The number of aromatic nitrogens is 2. The minimum atomic E-state index is 0.198. The molecule has 1 aliphatic heterocycles. The van der Waals surface area contributed by atoms with Gasteiger partial charge in [-0.15, -0.1) is 0 Å². The van der Waals surface area contributed by atoms with Crippen LogP contribution in [0.4, 0.5) is 0 Å². The minimum absolute atomic E-state index is 0.198. The molecule has 0 radical (unpaired) electrons. The molecule has 6 heteroatoms. The highest BCUT2D eigenvalue weighted by Gasteiger charge is 2.25. The van der Waals surface area contributed by atoms with Crippen molar-refractivity contribution in [3.63, 3.8) is 0 Å². The van der Waals surface area contributed by atoms with Crippen molar-refractivity contribution in [1.82, 2.24) is 9.97 Å². The van der Waals surface area contributed by atoms with Gasteiger partial charge in [-0.05, 0) is 19.1 Å². The third-order valence-corrected chi connectivity index (χ3v) is 3.50. The van der Waals surface area contributed by atoms with Crippen LogP contribution in [0.5, 0.6) is 5.88 Å². The first kappa shape index (κ1) is 12.2. The Labute approximate surface area is 106 Å². The first-order chi connectivity index (χ1) is 8.31. The number of hydrogen-bond acceptors (Lipinski definition) is 5. The Morgan fingerprint density at radius 3 is 2.94 bits per heavy atom. The van der Waals surface area contributed by atoms with Crippen LogP contribution >= 0.6 is 11.8 Å². The predicted molar refractivity (Wildman–Crippen MR) is 68.4 cm³/mol. The molecule has 1 saturated heterocycles. The molecule has 17 heavy (non-hydrogen) atoms. The second-order valence-electron chi connectivity index (χ2n) is 4.10. The van der Waals surface area contributed by atoms with Crippen LogP contribution in [0.2, 0.25) is 12.6 Å². The molecular weight excluding hydrogens is 233 g/mol. The Morgan fingerprint density at radius 2 is 2.29 bits per heavy atom. The minimum Gasteiger partial charge on any atom is -0.474 e. The molecule has 0 spiro atoms. The van der Waals surface area contributed by atoms with E-state index < -0.39 is 0 Å². The summed E-state index contributed by atoms with van der Waals surface area (Å²) in [5, 5.41) is 9.55. The summed E-state index contributed by atoms with van der Waals surface area (Å²) in [5.41, 5.74) is 0. The van der Waals surface area contributed by atoms with E-state index in [1.807, 2.05) is 6.26 Å². The lowest BCUT2D eigenvalue weighted by atomic mass is 9.42. The Bertz CT molecular complexity index is 415. The van der Waals surface area contributed by atoms with Crippen molar-refractivity contribution in [2.75, 3.05) is 6.26 Å². The van der Waals surface area contributed by atoms with Gasteiger partial charge in [0, 0.05) is 18.2 Å². The first-order valence-electron chi connectivity index (χ1n) is 5.75. The zero-order valence-electron chi connectivity index (χ0n) is 9.80. The molecule has 0 amide bonds. The van der Waals surface area contributed by atoms with Crippen LogP contribution in [0.3, 0.4) is 0 Å². The summed E-state index contributed by atoms with van der Waals surface area (Å²) < 4.78 is 5.82. The van der Waals surface area contributed by atoms with Gasteiger partial charge >= 0.3 is 0 Å². The van der Waals surface area contributed by atoms with Gasteiger partial charge in [0.1, 0.15) is 0 Å². The number of rotatable bonds is 3. The molecule has 0 aromatic carbocycles. The lowest BCUT2D eigenvalue weighted by Crippen LogP contribution is -2.27. The Kier molecular flexibility index (Phi) is 4.26. The standard InChI is InChI=1S/C11H14BN3OS/c1-17-11-14-7-4-10(15-11)16-9-2-5-12(8-13)6-3-9/h4,7,9H,2-3,5-6H2,1H3. The van der Waals surface area contributed by atoms with E-state index >= 15 is 0 Å². The normalized spacial score (nSPS) is 16.6. The number of ether oxygens (including phenoxy) is 1. The van der Waals surface area contributed by atoms with Gasteiger partial charge in [-0.2, -0.15) is 4.98 Å². The second-order valence-corrected chi connectivity index (χ2v) is 4.88. The van der Waals surface area contributed by atoms with E-state index in [1.54, 1.807) is 12.3 Å². The fourth-order valence-corrected chi connectivity index (χ4v) is 2.32. The van der Waals surface area contributed by atoms with E-state index in [0.29, 0.717) is 5.88 Å². The SMILES string of the molecule is CSc1nccc(OC2CCB(C#N)CC2)n1. The summed E-state index contributed by atoms with van der Waals surface area (Å²) >= 11 is 1.50. The largest absolute Gasteiger partial charge is 0.474 e. The average molecular weight is 247 g/mol. The predicted octanol–water partition coefficient (Wildman–Crippen LogP) is 2.30. The molecule has 2 heterocycles. The maximum absolute atomic E-state index is 8.82. The van der Waals surface area contributed by atoms with Crippen molar-refractivity contribution >= 4 is 18.5 Å². The van der Waals surface area contributed by atoms with E-state index in [2.05, 4.69) is 15.9 Å². The van der Waals surface area contributed by atoms with Gasteiger partial charge < -0.3 is 4.74 Å². The van der Waals surface area contributed by atoms with Crippen molar-refractivity contribution in [2.24, 2.45) is 0 Å². The van der Waals surface area contributed by atoms with Crippen LogP contribution in [0.15, 0.2) is 17.4 Å². The van der Waals surface area contributed by atoms with Crippen LogP contribution in [0.1, 0.15) is 12.8 Å². The molecule has 0 bridgehead atoms. The molecule has 0 N–H and O–H groups in total. The fourth-order valence-electron chi connectivity index (χ4n) is 1.97. The van der Waals surface area contributed by atoms with Crippen LogP contribution in [0.25, 0.3) is 0 Å². The molecule has 1 aromatic heterocycles. The molecule has 1 aromatic rings. The molecule has 88 valence electrons. The summed E-state index contributed by atoms with van der Waals surface area (Å²) in [6.07, 6.45) is 7.60. The maximum Gasteiger partial charge on any atom is 0.268 e.